The standard InChI is InChI=1S/C22H34ClN3O2/c1-16-14-18(23)15-17(2)20(16)25-12-10-24(11-13-25)19-6-8-26(9-7-19)21(27)28-22(3,4)5/h14-15,19H,6-13H2,1-5H3. The fraction of sp³-hybridized carbons (Fsp3) is 0.682. The second-order valence-electron chi connectivity index (χ2n) is 9.11. The van der Waals surface area contributed by atoms with Crippen molar-refractivity contribution >= 4 is 23.4 Å². The predicted octanol–water partition coefficient (Wildman–Crippen LogP) is 4.48. The molecule has 0 unspecified atom stereocenters. The molecule has 3 rings (SSSR count). The van der Waals surface area contributed by atoms with Gasteiger partial charge in [-0.05, 0) is 70.7 Å². The fourth-order valence-corrected chi connectivity index (χ4v) is 4.78. The van der Waals surface area contributed by atoms with Gasteiger partial charge in [0.15, 0.2) is 0 Å². The Morgan fingerprint density at radius 3 is 2.04 bits per heavy atom. The molecule has 0 aliphatic carbocycles. The van der Waals surface area contributed by atoms with Crippen molar-refractivity contribution < 1.29 is 9.53 Å². The zero-order valence-corrected chi connectivity index (χ0v) is 18.7. The van der Waals surface area contributed by atoms with E-state index >= 15 is 0 Å². The molecule has 6 heteroatoms. The Hall–Kier alpha value is -1.46. The van der Waals surface area contributed by atoms with Crippen LogP contribution in [0.3, 0.4) is 0 Å². The zero-order chi connectivity index (χ0) is 20.5. The van der Waals surface area contributed by atoms with Crippen molar-refractivity contribution in [3.8, 4) is 0 Å². The van der Waals surface area contributed by atoms with Crippen LogP contribution in [0.1, 0.15) is 44.7 Å². The van der Waals surface area contributed by atoms with E-state index in [-0.39, 0.29) is 6.09 Å². The number of carbonyl (C=O) groups is 1. The van der Waals surface area contributed by atoms with Crippen LogP contribution in [0.15, 0.2) is 12.1 Å². The van der Waals surface area contributed by atoms with Crippen LogP contribution in [0.4, 0.5) is 10.5 Å². The molecule has 2 saturated heterocycles. The Morgan fingerprint density at radius 1 is 1.00 bits per heavy atom. The van der Waals surface area contributed by atoms with E-state index in [2.05, 4.69) is 35.8 Å². The smallest absolute Gasteiger partial charge is 0.410 e. The molecule has 2 fully saturated rings. The lowest BCUT2D eigenvalue weighted by Gasteiger charge is -2.44. The minimum absolute atomic E-state index is 0.176. The van der Waals surface area contributed by atoms with Gasteiger partial charge in [-0.2, -0.15) is 0 Å². The second-order valence-corrected chi connectivity index (χ2v) is 9.55. The third-order valence-electron chi connectivity index (χ3n) is 5.72. The molecule has 0 bridgehead atoms. The SMILES string of the molecule is Cc1cc(Cl)cc(C)c1N1CCN(C2CCN(C(=O)OC(C)(C)C)CC2)CC1. The average molecular weight is 408 g/mol. The van der Waals surface area contributed by atoms with E-state index in [1.54, 1.807) is 0 Å². The molecule has 0 atom stereocenters. The number of hydrogen-bond acceptors (Lipinski definition) is 4. The molecular formula is C22H34ClN3O2. The molecule has 28 heavy (non-hydrogen) atoms. The molecule has 0 saturated carbocycles. The van der Waals surface area contributed by atoms with E-state index in [0.717, 1.165) is 57.1 Å². The number of benzene rings is 1. The monoisotopic (exact) mass is 407 g/mol. The van der Waals surface area contributed by atoms with Crippen molar-refractivity contribution in [3.05, 3.63) is 28.3 Å². The third kappa shape index (κ3) is 5.12. The molecule has 1 amide bonds. The lowest BCUT2D eigenvalue weighted by molar-refractivity contribution is 0.0140. The number of piperidine rings is 1. The number of piperazine rings is 1. The van der Waals surface area contributed by atoms with Gasteiger partial charge in [0.05, 0.1) is 0 Å². The normalized spacial score (nSPS) is 19.8. The molecule has 2 aliphatic heterocycles. The number of hydrogen-bond donors (Lipinski definition) is 0. The largest absolute Gasteiger partial charge is 0.444 e. The summed E-state index contributed by atoms with van der Waals surface area (Å²) in [5, 5.41) is 0.814. The van der Waals surface area contributed by atoms with E-state index < -0.39 is 5.60 Å². The van der Waals surface area contributed by atoms with E-state index in [4.69, 9.17) is 16.3 Å². The van der Waals surface area contributed by atoms with Gasteiger partial charge in [0.2, 0.25) is 0 Å². The number of nitrogens with zero attached hydrogens (tertiary/aromatic N) is 3. The Bertz CT molecular complexity index is 677. The van der Waals surface area contributed by atoms with Gasteiger partial charge in [0.25, 0.3) is 0 Å². The lowest BCUT2D eigenvalue weighted by Crippen LogP contribution is -2.54. The van der Waals surface area contributed by atoms with Crippen LogP contribution < -0.4 is 4.90 Å². The van der Waals surface area contributed by atoms with Gasteiger partial charge in [-0.3, -0.25) is 4.90 Å². The number of likely N-dealkylation sites (tertiary alicyclic amines) is 1. The minimum Gasteiger partial charge on any atom is -0.444 e. The van der Waals surface area contributed by atoms with E-state index in [0.29, 0.717) is 6.04 Å². The summed E-state index contributed by atoms with van der Waals surface area (Å²) in [6.45, 7) is 15.8. The zero-order valence-electron chi connectivity index (χ0n) is 17.9. The summed E-state index contributed by atoms with van der Waals surface area (Å²) in [6.07, 6.45) is 1.88. The molecule has 1 aromatic rings. The van der Waals surface area contributed by atoms with E-state index in [9.17, 15) is 4.79 Å². The van der Waals surface area contributed by atoms with Gasteiger partial charge in [0, 0.05) is 56.0 Å². The van der Waals surface area contributed by atoms with Crippen molar-refractivity contribution in [2.75, 3.05) is 44.2 Å². The highest BCUT2D eigenvalue weighted by molar-refractivity contribution is 6.30. The first-order valence-corrected chi connectivity index (χ1v) is 10.8. The van der Waals surface area contributed by atoms with Crippen LogP contribution >= 0.6 is 11.6 Å². The Labute approximate surface area is 174 Å². The van der Waals surface area contributed by atoms with Crippen LogP contribution in [-0.2, 0) is 4.74 Å². The minimum atomic E-state index is -0.428. The van der Waals surface area contributed by atoms with Gasteiger partial charge < -0.3 is 14.5 Å². The number of anilines is 1. The summed E-state index contributed by atoms with van der Waals surface area (Å²) in [6, 6.07) is 4.68. The number of rotatable bonds is 2. The first-order chi connectivity index (χ1) is 13.1. The summed E-state index contributed by atoms with van der Waals surface area (Å²) in [7, 11) is 0. The third-order valence-corrected chi connectivity index (χ3v) is 5.94. The molecule has 0 spiro atoms. The summed E-state index contributed by atoms with van der Waals surface area (Å²) in [5.41, 5.74) is 3.42. The fourth-order valence-electron chi connectivity index (χ4n) is 4.45. The summed E-state index contributed by atoms with van der Waals surface area (Å²) >= 11 is 6.19. The van der Waals surface area contributed by atoms with Crippen LogP contribution in [0, 0.1) is 13.8 Å². The van der Waals surface area contributed by atoms with Gasteiger partial charge in [-0.25, -0.2) is 4.79 Å². The second kappa shape index (κ2) is 8.50. The quantitative estimate of drug-likeness (QED) is 0.724. The summed E-state index contributed by atoms with van der Waals surface area (Å²) < 4.78 is 5.51. The van der Waals surface area contributed by atoms with Crippen molar-refractivity contribution in [2.24, 2.45) is 0 Å². The number of aryl methyl sites for hydroxylation is 2. The van der Waals surface area contributed by atoms with Crippen LogP contribution in [-0.4, -0.2) is 66.8 Å². The van der Waals surface area contributed by atoms with Gasteiger partial charge >= 0.3 is 6.09 Å². The van der Waals surface area contributed by atoms with Crippen LogP contribution in [0.5, 0.6) is 0 Å². The van der Waals surface area contributed by atoms with Crippen molar-refractivity contribution in [1.29, 1.82) is 0 Å². The van der Waals surface area contributed by atoms with Gasteiger partial charge in [-0.1, -0.05) is 11.6 Å². The molecule has 2 heterocycles. The molecule has 2 aliphatic rings. The molecule has 0 aromatic heterocycles. The van der Waals surface area contributed by atoms with Gasteiger partial charge in [-0.15, -0.1) is 0 Å². The first kappa shape index (κ1) is 21.3. The Morgan fingerprint density at radius 2 is 1.54 bits per heavy atom. The maximum Gasteiger partial charge on any atom is 0.410 e. The lowest BCUT2D eigenvalue weighted by atomic mass is 10.0. The Balaban J connectivity index is 1.51. The van der Waals surface area contributed by atoms with E-state index in [1.807, 2.05) is 25.7 Å². The molecule has 0 N–H and O–H groups in total. The molecular weight excluding hydrogens is 374 g/mol. The Kier molecular flexibility index (Phi) is 6.45. The van der Waals surface area contributed by atoms with E-state index in [1.165, 1.54) is 16.8 Å². The maximum absolute atomic E-state index is 12.3. The summed E-state index contributed by atoms with van der Waals surface area (Å²) in [4.78, 5) is 19.2. The number of ether oxygens (including phenoxy) is 1. The van der Waals surface area contributed by atoms with Crippen molar-refractivity contribution in [3.63, 3.8) is 0 Å². The summed E-state index contributed by atoms with van der Waals surface area (Å²) in [5.74, 6) is 0. The topological polar surface area (TPSA) is 36.0 Å². The molecule has 156 valence electrons. The highest BCUT2D eigenvalue weighted by atomic mass is 35.5. The predicted molar refractivity (Wildman–Crippen MR) is 116 cm³/mol. The van der Waals surface area contributed by atoms with Gasteiger partial charge in [0.1, 0.15) is 5.60 Å². The molecule has 0 radical (unpaired) electrons. The highest BCUT2D eigenvalue weighted by Crippen LogP contribution is 2.30. The molecule has 5 nitrogen and oxygen atoms in total. The van der Waals surface area contributed by atoms with Crippen molar-refractivity contribution in [1.82, 2.24) is 9.80 Å². The highest BCUT2D eigenvalue weighted by Gasteiger charge is 2.31. The first-order valence-electron chi connectivity index (χ1n) is 10.4. The van der Waals surface area contributed by atoms with Crippen LogP contribution in [0.2, 0.25) is 5.02 Å². The van der Waals surface area contributed by atoms with Crippen molar-refractivity contribution in [2.45, 2.75) is 59.1 Å². The number of halogens is 1. The number of carbonyl (C=O) groups excluding carboxylic acids is 1. The maximum atomic E-state index is 12.3. The molecule has 1 aromatic carbocycles. The number of amides is 1. The van der Waals surface area contributed by atoms with Crippen LogP contribution in [0.25, 0.3) is 0 Å². The average Bonchev–Trinajstić information content (AvgIpc) is 2.60.